The van der Waals surface area contributed by atoms with E-state index in [1.54, 1.807) is 7.11 Å². The molecule has 6 heteroatoms. The second-order valence-electron chi connectivity index (χ2n) is 5.60. The molecule has 0 unspecified atom stereocenters. The zero-order valence-electron chi connectivity index (χ0n) is 14.1. The molecule has 3 N–H and O–H groups in total. The Balaban J connectivity index is 1.76. The molecule has 0 radical (unpaired) electrons. The minimum absolute atomic E-state index is 0.0826. The summed E-state index contributed by atoms with van der Waals surface area (Å²) in [5.74, 6) is 0.558. The number of carbonyl (C=O) groups is 1. The van der Waals surface area contributed by atoms with Gasteiger partial charge in [-0.1, -0.05) is 41.7 Å². The number of carbonyl (C=O) groups excluding carboxylic acids is 1. The Morgan fingerprint density at radius 3 is 2.68 bits per heavy atom. The third kappa shape index (κ3) is 3.97. The van der Waals surface area contributed by atoms with Crippen molar-refractivity contribution in [2.45, 2.75) is 13.3 Å². The lowest BCUT2D eigenvalue weighted by Crippen LogP contribution is -2.14. The fourth-order valence-electron chi connectivity index (χ4n) is 2.54. The van der Waals surface area contributed by atoms with E-state index in [-0.39, 0.29) is 5.91 Å². The number of benzene rings is 2. The van der Waals surface area contributed by atoms with Gasteiger partial charge < -0.3 is 15.8 Å². The number of ether oxygens (including phenoxy) is 1. The van der Waals surface area contributed by atoms with Gasteiger partial charge in [0.1, 0.15) is 5.75 Å². The topological polar surface area (TPSA) is 77.2 Å². The van der Waals surface area contributed by atoms with Crippen molar-refractivity contribution < 1.29 is 9.53 Å². The summed E-state index contributed by atoms with van der Waals surface area (Å²) < 4.78 is 5.19. The number of aromatic nitrogens is 1. The zero-order valence-corrected chi connectivity index (χ0v) is 14.9. The van der Waals surface area contributed by atoms with E-state index >= 15 is 0 Å². The fourth-order valence-corrected chi connectivity index (χ4v) is 3.52. The monoisotopic (exact) mass is 353 g/mol. The van der Waals surface area contributed by atoms with Gasteiger partial charge in [-0.3, -0.25) is 4.79 Å². The Kier molecular flexibility index (Phi) is 5.00. The maximum Gasteiger partial charge on any atom is 0.230 e. The Hall–Kier alpha value is -2.86. The van der Waals surface area contributed by atoms with Crippen LogP contribution in [0, 0.1) is 6.92 Å². The molecule has 0 bridgehead atoms. The highest BCUT2D eigenvalue weighted by Crippen LogP contribution is 2.35. The lowest BCUT2D eigenvalue weighted by Gasteiger charge is -2.06. The molecule has 3 aromatic rings. The van der Waals surface area contributed by atoms with Gasteiger partial charge in [0.25, 0.3) is 0 Å². The van der Waals surface area contributed by atoms with Crippen LogP contribution in [0.4, 0.5) is 10.8 Å². The average molecular weight is 353 g/mol. The van der Waals surface area contributed by atoms with Gasteiger partial charge in [-0.25, -0.2) is 4.98 Å². The first-order valence-corrected chi connectivity index (χ1v) is 8.63. The molecule has 5 nitrogen and oxygen atoms in total. The molecule has 3 rings (SSSR count). The molecule has 0 saturated heterocycles. The molecule has 0 aliphatic carbocycles. The molecule has 0 fully saturated rings. The summed E-state index contributed by atoms with van der Waals surface area (Å²) in [5, 5.41) is 3.46. The Morgan fingerprint density at radius 2 is 2.00 bits per heavy atom. The van der Waals surface area contributed by atoms with Crippen LogP contribution in [0.1, 0.15) is 11.3 Å². The Morgan fingerprint density at radius 1 is 1.24 bits per heavy atom. The van der Waals surface area contributed by atoms with Gasteiger partial charge in [-0.15, -0.1) is 0 Å². The third-order valence-electron chi connectivity index (χ3n) is 3.74. The molecular formula is C19H19N3O2S. The van der Waals surface area contributed by atoms with E-state index in [1.807, 2.05) is 55.5 Å². The van der Waals surface area contributed by atoms with E-state index in [2.05, 4.69) is 10.3 Å². The summed E-state index contributed by atoms with van der Waals surface area (Å²) in [7, 11) is 1.59. The molecule has 0 aliphatic heterocycles. The number of nitrogens with zero attached hydrogens (tertiary/aromatic N) is 1. The van der Waals surface area contributed by atoms with Crippen molar-refractivity contribution in [1.82, 2.24) is 4.98 Å². The van der Waals surface area contributed by atoms with Gasteiger partial charge in [0.2, 0.25) is 5.91 Å². The normalized spacial score (nSPS) is 10.5. The van der Waals surface area contributed by atoms with Crippen molar-refractivity contribution >= 4 is 28.1 Å². The van der Waals surface area contributed by atoms with E-state index in [0.717, 1.165) is 21.7 Å². The van der Waals surface area contributed by atoms with E-state index in [4.69, 9.17) is 10.5 Å². The number of aryl methyl sites for hydroxylation is 1. The van der Waals surface area contributed by atoms with E-state index in [1.165, 1.54) is 11.3 Å². The molecule has 1 aromatic heterocycles. The van der Waals surface area contributed by atoms with Crippen LogP contribution in [-0.4, -0.2) is 18.0 Å². The zero-order chi connectivity index (χ0) is 17.8. The molecule has 25 heavy (non-hydrogen) atoms. The predicted molar refractivity (Wildman–Crippen MR) is 102 cm³/mol. The first-order valence-electron chi connectivity index (χ1n) is 7.82. The van der Waals surface area contributed by atoms with Gasteiger partial charge in [-0.05, 0) is 36.2 Å². The van der Waals surface area contributed by atoms with E-state index < -0.39 is 0 Å². The van der Waals surface area contributed by atoms with Crippen LogP contribution in [0.15, 0.2) is 48.5 Å². The average Bonchev–Trinajstić information content (AvgIpc) is 2.95. The van der Waals surface area contributed by atoms with Crippen LogP contribution >= 0.6 is 11.3 Å². The number of hydrogen-bond donors (Lipinski definition) is 2. The summed E-state index contributed by atoms with van der Waals surface area (Å²) in [6.07, 6.45) is 0.324. The highest BCUT2D eigenvalue weighted by atomic mass is 32.1. The van der Waals surface area contributed by atoms with Crippen LogP contribution in [-0.2, 0) is 11.2 Å². The van der Waals surface area contributed by atoms with Crippen LogP contribution in [0.25, 0.3) is 10.4 Å². The maximum absolute atomic E-state index is 12.2. The second-order valence-corrected chi connectivity index (χ2v) is 6.60. The molecule has 1 heterocycles. The van der Waals surface area contributed by atoms with Crippen molar-refractivity contribution in [2.75, 3.05) is 18.2 Å². The van der Waals surface area contributed by atoms with Gasteiger partial charge in [0, 0.05) is 0 Å². The SMILES string of the molecule is COc1ccc(-c2sc(NC(=O)Cc3ccccc3)nc2C)cc1N. The Bertz CT molecular complexity index is 891. The summed E-state index contributed by atoms with van der Waals surface area (Å²) >= 11 is 1.43. The highest BCUT2D eigenvalue weighted by Gasteiger charge is 2.13. The van der Waals surface area contributed by atoms with E-state index in [9.17, 15) is 4.79 Å². The molecule has 0 spiro atoms. The number of hydrogen-bond acceptors (Lipinski definition) is 5. The van der Waals surface area contributed by atoms with Crippen molar-refractivity contribution in [2.24, 2.45) is 0 Å². The number of thiazole rings is 1. The van der Waals surface area contributed by atoms with Gasteiger partial charge in [0.05, 0.1) is 29.8 Å². The largest absolute Gasteiger partial charge is 0.495 e. The standard InChI is InChI=1S/C19H19N3O2S/c1-12-18(14-8-9-16(24-2)15(20)11-14)25-19(21-12)22-17(23)10-13-6-4-3-5-7-13/h3-9,11H,10,20H2,1-2H3,(H,21,22,23). The van der Waals surface area contributed by atoms with Crippen molar-refractivity contribution in [3.05, 3.63) is 59.8 Å². The van der Waals surface area contributed by atoms with Crippen LogP contribution < -0.4 is 15.8 Å². The number of nitrogens with two attached hydrogens (primary N) is 1. The van der Waals surface area contributed by atoms with Crippen LogP contribution in [0.3, 0.4) is 0 Å². The number of rotatable bonds is 5. The van der Waals surface area contributed by atoms with Gasteiger partial charge >= 0.3 is 0 Å². The molecule has 128 valence electrons. The van der Waals surface area contributed by atoms with Crippen LogP contribution in [0.5, 0.6) is 5.75 Å². The van der Waals surface area contributed by atoms with Crippen molar-refractivity contribution in [3.63, 3.8) is 0 Å². The molecule has 0 saturated carbocycles. The first kappa shape index (κ1) is 17.0. The molecule has 2 aromatic carbocycles. The molecule has 0 atom stereocenters. The lowest BCUT2D eigenvalue weighted by molar-refractivity contribution is -0.115. The number of amides is 1. The minimum atomic E-state index is -0.0826. The predicted octanol–water partition coefficient (Wildman–Crippen LogP) is 3.89. The maximum atomic E-state index is 12.2. The quantitative estimate of drug-likeness (QED) is 0.682. The number of anilines is 2. The third-order valence-corrected chi connectivity index (χ3v) is 4.86. The first-order chi connectivity index (χ1) is 12.1. The number of methoxy groups -OCH3 is 1. The van der Waals surface area contributed by atoms with Crippen molar-refractivity contribution in [1.29, 1.82) is 0 Å². The summed E-state index contributed by atoms with van der Waals surface area (Å²) in [6.45, 7) is 1.92. The van der Waals surface area contributed by atoms with Gasteiger partial charge in [-0.2, -0.15) is 0 Å². The van der Waals surface area contributed by atoms with Crippen LogP contribution in [0.2, 0.25) is 0 Å². The second kappa shape index (κ2) is 7.36. The smallest absolute Gasteiger partial charge is 0.230 e. The lowest BCUT2D eigenvalue weighted by atomic mass is 10.1. The molecular weight excluding hydrogens is 334 g/mol. The highest BCUT2D eigenvalue weighted by molar-refractivity contribution is 7.19. The number of nitrogens with one attached hydrogen (secondary N) is 1. The molecule has 1 amide bonds. The fraction of sp³-hybridized carbons (Fsp3) is 0.158. The van der Waals surface area contributed by atoms with Crippen molar-refractivity contribution in [3.8, 4) is 16.2 Å². The summed E-state index contributed by atoms with van der Waals surface area (Å²) in [4.78, 5) is 17.6. The summed E-state index contributed by atoms with van der Waals surface area (Å²) in [6, 6.07) is 15.2. The molecule has 0 aliphatic rings. The van der Waals surface area contributed by atoms with E-state index in [0.29, 0.717) is 23.0 Å². The Labute approximate surface area is 150 Å². The summed E-state index contributed by atoms with van der Waals surface area (Å²) in [5.41, 5.74) is 9.33. The van der Waals surface area contributed by atoms with Gasteiger partial charge in [0.15, 0.2) is 5.13 Å². The number of nitrogen functional groups attached to an aromatic ring is 1. The minimum Gasteiger partial charge on any atom is -0.495 e.